The third-order valence-corrected chi connectivity index (χ3v) is 5.46. The van der Waals surface area contributed by atoms with Gasteiger partial charge in [0.1, 0.15) is 5.69 Å². The minimum atomic E-state index is -0.0433. The molecule has 0 aromatic carbocycles. The van der Waals surface area contributed by atoms with Crippen LogP contribution in [0, 0.1) is 5.92 Å². The Hall–Kier alpha value is -3.13. The summed E-state index contributed by atoms with van der Waals surface area (Å²) in [5.41, 5.74) is 1.98. The Kier molecular flexibility index (Phi) is 5.62. The molecule has 29 heavy (non-hydrogen) atoms. The summed E-state index contributed by atoms with van der Waals surface area (Å²) in [4.78, 5) is 39.6. The Balaban J connectivity index is 1.36. The number of aromatic nitrogens is 5. The molecule has 1 saturated heterocycles. The fraction of sp³-hybridized carbons (Fsp3) is 0.381. The van der Waals surface area contributed by atoms with Gasteiger partial charge >= 0.3 is 0 Å². The van der Waals surface area contributed by atoms with Crippen LogP contribution in [0.5, 0.6) is 0 Å². The lowest BCUT2D eigenvalue weighted by molar-refractivity contribution is 0.164. The Morgan fingerprint density at radius 3 is 2.69 bits per heavy atom. The highest BCUT2D eigenvalue weighted by molar-refractivity contribution is 5.56. The van der Waals surface area contributed by atoms with E-state index in [-0.39, 0.29) is 11.1 Å². The molecule has 1 aliphatic rings. The van der Waals surface area contributed by atoms with Crippen LogP contribution in [-0.2, 0) is 20.1 Å². The third kappa shape index (κ3) is 4.48. The maximum absolute atomic E-state index is 12.5. The molecule has 0 radical (unpaired) electrons. The number of pyridine rings is 1. The van der Waals surface area contributed by atoms with Gasteiger partial charge in [-0.05, 0) is 44.0 Å². The van der Waals surface area contributed by atoms with Gasteiger partial charge in [-0.3, -0.25) is 29.0 Å². The van der Waals surface area contributed by atoms with Crippen LogP contribution >= 0.6 is 0 Å². The van der Waals surface area contributed by atoms with E-state index in [9.17, 15) is 9.59 Å². The van der Waals surface area contributed by atoms with Gasteiger partial charge in [-0.25, -0.2) is 4.98 Å². The zero-order valence-corrected chi connectivity index (χ0v) is 16.4. The average molecular weight is 392 g/mol. The molecule has 0 bridgehead atoms. The van der Waals surface area contributed by atoms with Crippen molar-refractivity contribution in [3.05, 3.63) is 75.7 Å². The molecule has 0 atom stereocenters. The van der Waals surface area contributed by atoms with Crippen molar-refractivity contribution in [2.45, 2.75) is 25.9 Å². The second-order valence-electron chi connectivity index (χ2n) is 7.52. The molecule has 1 fully saturated rings. The van der Waals surface area contributed by atoms with Crippen molar-refractivity contribution in [2.75, 3.05) is 13.1 Å². The zero-order valence-electron chi connectivity index (χ0n) is 16.4. The number of hydrogen-bond acceptors (Lipinski definition) is 6. The number of hydrogen-bond donors (Lipinski definition) is 0. The Labute approximate surface area is 168 Å². The van der Waals surface area contributed by atoms with Crippen molar-refractivity contribution in [3.63, 3.8) is 0 Å². The van der Waals surface area contributed by atoms with Crippen LogP contribution in [0.25, 0.3) is 11.3 Å². The van der Waals surface area contributed by atoms with Gasteiger partial charge in [0.15, 0.2) is 0 Å². The van der Waals surface area contributed by atoms with E-state index in [0.29, 0.717) is 30.4 Å². The van der Waals surface area contributed by atoms with E-state index in [1.54, 1.807) is 53.4 Å². The molecule has 0 saturated carbocycles. The molecule has 3 aromatic rings. The molecule has 8 nitrogen and oxygen atoms in total. The fourth-order valence-corrected chi connectivity index (χ4v) is 3.71. The van der Waals surface area contributed by atoms with Crippen molar-refractivity contribution >= 4 is 0 Å². The summed E-state index contributed by atoms with van der Waals surface area (Å²) in [6.07, 6.45) is 10.3. The first-order valence-corrected chi connectivity index (χ1v) is 9.80. The first-order valence-electron chi connectivity index (χ1n) is 9.80. The van der Waals surface area contributed by atoms with E-state index >= 15 is 0 Å². The zero-order chi connectivity index (χ0) is 20.2. The van der Waals surface area contributed by atoms with Gasteiger partial charge in [0.2, 0.25) is 0 Å². The second kappa shape index (κ2) is 8.48. The molecular formula is C21H24N6O2. The van der Waals surface area contributed by atoms with Crippen molar-refractivity contribution in [2.24, 2.45) is 13.0 Å². The largest absolute Gasteiger partial charge is 0.315 e. The molecule has 0 aliphatic carbocycles. The van der Waals surface area contributed by atoms with Crippen molar-refractivity contribution in [1.82, 2.24) is 29.0 Å². The summed E-state index contributed by atoms with van der Waals surface area (Å²) in [5.74, 6) is 0.418. The van der Waals surface area contributed by atoms with Crippen LogP contribution in [0.4, 0.5) is 0 Å². The van der Waals surface area contributed by atoms with Gasteiger partial charge in [0.25, 0.3) is 11.1 Å². The third-order valence-electron chi connectivity index (χ3n) is 5.46. The van der Waals surface area contributed by atoms with Gasteiger partial charge in [-0.2, -0.15) is 0 Å². The van der Waals surface area contributed by atoms with Crippen LogP contribution in [0.3, 0.4) is 0 Å². The van der Waals surface area contributed by atoms with Gasteiger partial charge in [0, 0.05) is 56.6 Å². The summed E-state index contributed by atoms with van der Waals surface area (Å²) in [7, 11) is 1.74. The monoisotopic (exact) mass is 392 g/mol. The predicted molar refractivity (Wildman–Crippen MR) is 109 cm³/mol. The van der Waals surface area contributed by atoms with E-state index in [0.717, 1.165) is 31.5 Å². The van der Waals surface area contributed by atoms with Crippen LogP contribution in [0.2, 0.25) is 0 Å². The lowest BCUT2D eigenvalue weighted by Crippen LogP contribution is -2.38. The maximum atomic E-state index is 12.5. The van der Waals surface area contributed by atoms with Gasteiger partial charge in [-0.15, -0.1) is 0 Å². The molecule has 4 rings (SSSR count). The van der Waals surface area contributed by atoms with E-state index in [1.165, 1.54) is 0 Å². The lowest BCUT2D eigenvalue weighted by atomic mass is 9.96. The van der Waals surface area contributed by atoms with Crippen LogP contribution in [0.15, 0.2) is 58.9 Å². The Morgan fingerprint density at radius 1 is 1.14 bits per heavy atom. The number of aryl methyl sites for hydroxylation is 1. The normalized spacial score (nSPS) is 15.5. The van der Waals surface area contributed by atoms with Crippen molar-refractivity contribution in [3.8, 4) is 11.3 Å². The summed E-state index contributed by atoms with van der Waals surface area (Å²) in [6.45, 7) is 3.01. The topological polar surface area (TPSA) is 85.9 Å². The highest BCUT2D eigenvalue weighted by Crippen LogP contribution is 2.20. The molecule has 150 valence electrons. The van der Waals surface area contributed by atoms with Gasteiger partial charge < -0.3 is 4.57 Å². The number of rotatable bonds is 5. The molecule has 4 heterocycles. The Morgan fingerprint density at radius 2 is 1.97 bits per heavy atom. The summed E-state index contributed by atoms with van der Waals surface area (Å²) in [5, 5.41) is 0. The van der Waals surface area contributed by atoms with E-state index in [4.69, 9.17) is 0 Å². The minimum absolute atomic E-state index is 0.0408. The smallest absolute Gasteiger partial charge is 0.273 e. The summed E-state index contributed by atoms with van der Waals surface area (Å²) in [6, 6.07) is 5.30. The van der Waals surface area contributed by atoms with Gasteiger partial charge in [-0.1, -0.05) is 0 Å². The quantitative estimate of drug-likeness (QED) is 0.651. The van der Waals surface area contributed by atoms with Crippen molar-refractivity contribution in [1.29, 1.82) is 0 Å². The molecule has 0 amide bonds. The number of likely N-dealkylation sites (tertiary alicyclic amines) is 1. The predicted octanol–water partition coefficient (Wildman–Crippen LogP) is 1.31. The summed E-state index contributed by atoms with van der Waals surface area (Å²) >= 11 is 0. The first kappa shape index (κ1) is 19.2. The van der Waals surface area contributed by atoms with E-state index < -0.39 is 0 Å². The molecule has 1 aliphatic heterocycles. The van der Waals surface area contributed by atoms with Crippen molar-refractivity contribution < 1.29 is 0 Å². The van der Waals surface area contributed by atoms with E-state index in [2.05, 4.69) is 19.9 Å². The average Bonchev–Trinajstić information content (AvgIpc) is 2.75. The lowest BCUT2D eigenvalue weighted by Gasteiger charge is -2.31. The maximum Gasteiger partial charge on any atom is 0.273 e. The SMILES string of the molecule is Cn1ccnc(CN2CCC(Cn3cnc(-c4cccnc4)cc3=O)CC2)c1=O. The molecule has 3 aromatic heterocycles. The summed E-state index contributed by atoms with van der Waals surface area (Å²) < 4.78 is 3.25. The molecule has 0 N–H and O–H groups in total. The molecule has 0 spiro atoms. The number of nitrogens with zero attached hydrogens (tertiary/aromatic N) is 6. The highest BCUT2D eigenvalue weighted by Gasteiger charge is 2.21. The standard InChI is InChI=1S/C21H24N6O2/c1-25-10-7-23-19(21(25)29)14-26-8-4-16(5-9-26)13-27-15-24-18(11-20(27)28)17-3-2-6-22-12-17/h2-3,6-7,10-12,15-16H,4-5,8-9,13-14H2,1H3. The second-order valence-corrected chi connectivity index (χ2v) is 7.52. The van der Waals surface area contributed by atoms with Crippen LogP contribution in [-0.4, -0.2) is 42.1 Å². The van der Waals surface area contributed by atoms with Crippen LogP contribution < -0.4 is 11.1 Å². The van der Waals surface area contributed by atoms with E-state index in [1.807, 2.05) is 12.1 Å². The van der Waals surface area contributed by atoms with Crippen LogP contribution in [0.1, 0.15) is 18.5 Å². The Bertz CT molecular complexity index is 1080. The number of piperidine rings is 1. The minimum Gasteiger partial charge on any atom is -0.315 e. The first-order chi connectivity index (χ1) is 14.1. The molecule has 8 heteroatoms. The molecular weight excluding hydrogens is 368 g/mol. The molecule has 0 unspecified atom stereocenters. The highest BCUT2D eigenvalue weighted by atomic mass is 16.1. The fourth-order valence-electron chi connectivity index (χ4n) is 3.71. The van der Waals surface area contributed by atoms with Gasteiger partial charge in [0.05, 0.1) is 12.0 Å².